The van der Waals surface area contributed by atoms with E-state index in [0.717, 1.165) is 36.0 Å². The molecule has 1 atom stereocenters. The standard InChI is InChI=1S/C24H27FN2O3/c1-3-26(2)22(28)15-30-20-11-8-16-12-13-27(24(29)18-4-5-18)23(21(16)14-20)17-6-9-19(25)10-7-17/h6-11,14,18,23H,3-5,12-13,15H2,1-2H3. The molecule has 2 aliphatic rings. The number of benzene rings is 2. The van der Waals surface area contributed by atoms with Crippen LogP contribution in [0.2, 0.25) is 0 Å². The molecule has 0 saturated heterocycles. The first-order valence-corrected chi connectivity index (χ1v) is 10.5. The largest absolute Gasteiger partial charge is 0.484 e. The third-order valence-corrected chi connectivity index (χ3v) is 6.00. The number of ether oxygens (including phenoxy) is 1. The Morgan fingerprint density at radius 3 is 2.57 bits per heavy atom. The van der Waals surface area contributed by atoms with Crippen molar-refractivity contribution in [3.8, 4) is 5.75 Å². The summed E-state index contributed by atoms with van der Waals surface area (Å²) in [6, 6.07) is 11.9. The van der Waals surface area contributed by atoms with Crippen molar-refractivity contribution in [3.05, 3.63) is 65.0 Å². The molecule has 1 unspecified atom stereocenters. The molecule has 30 heavy (non-hydrogen) atoms. The molecule has 0 radical (unpaired) electrons. The fourth-order valence-corrected chi connectivity index (χ4v) is 3.92. The number of rotatable bonds is 6. The molecular formula is C24H27FN2O3. The summed E-state index contributed by atoms with van der Waals surface area (Å²) in [7, 11) is 1.74. The van der Waals surface area contributed by atoms with Crippen LogP contribution in [0.25, 0.3) is 0 Å². The minimum Gasteiger partial charge on any atom is -0.484 e. The van der Waals surface area contributed by atoms with Gasteiger partial charge in [-0.2, -0.15) is 0 Å². The first-order valence-electron chi connectivity index (χ1n) is 10.5. The number of likely N-dealkylation sites (N-methyl/N-ethyl adjacent to an activating group) is 1. The van der Waals surface area contributed by atoms with Gasteiger partial charge in [0.1, 0.15) is 11.6 Å². The van der Waals surface area contributed by atoms with Crippen LogP contribution in [0, 0.1) is 11.7 Å². The van der Waals surface area contributed by atoms with Crippen molar-refractivity contribution in [2.24, 2.45) is 5.92 Å². The summed E-state index contributed by atoms with van der Waals surface area (Å²) in [5.41, 5.74) is 3.01. The smallest absolute Gasteiger partial charge is 0.260 e. The number of nitrogens with zero attached hydrogens (tertiary/aromatic N) is 2. The molecule has 0 N–H and O–H groups in total. The van der Waals surface area contributed by atoms with Crippen LogP contribution in [0.4, 0.5) is 4.39 Å². The Kier molecular flexibility index (Phi) is 5.75. The topological polar surface area (TPSA) is 49.9 Å². The molecule has 0 aromatic heterocycles. The fourth-order valence-electron chi connectivity index (χ4n) is 3.92. The zero-order valence-corrected chi connectivity index (χ0v) is 17.4. The predicted molar refractivity (Wildman–Crippen MR) is 112 cm³/mol. The third kappa shape index (κ3) is 4.18. The predicted octanol–water partition coefficient (Wildman–Crippen LogP) is 3.57. The van der Waals surface area contributed by atoms with E-state index in [1.165, 1.54) is 12.1 Å². The van der Waals surface area contributed by atoms with Crippen LogP contribution in [0.3, 0.4) is 0 Å². The first kappa shape index (κ1) is 20.4. The van der Waals surface area contributed by atoms with Crippen molar-refractivity contribution >= 4 is 11.8 Å². The van der Waals surface area contributed by atoms with Crippen LogP contribution in [0.1, 0.15) is 42.5 Å². The highest BCUT2D eigenvalue weighted by Crippen LogP contribution is 2.41. The molecule has 158 valence electrons. The highest BCUT2D eigenvalue weighted by atomic mass is 19.1. The molecule has 2 aromatic rings. The molecule has 6 heteroatoms. The number of carbonyl (C=O) groups is 2. The summed E-state index contributed by atoms with van der Waals surface area (Å²) >= 11 is 0. The molecule has 1 fully saturated rings. The molecule has 0 bridgehead atoms. The van der Waals surface area contributed by atoms with Gasteiger partial charge in [-0.05, 0) is 67.1 Å². The fraction of sp³-hybridized carbons (Fsp3) is 0.417. The normalized spacial score (nSPS) is 18.0. The SMILES string of the molecule is CCN(C)C(=O)COc1ccc2c(c1)C(c1ccc(F)cc1)N(C(=O)C1CC1)CC2. The van der Waals surface area contributed by atoms with Crippen LogP contribution >= 0.6 is 0 Å². The molecule has 1 saturated carbocycles. The second-order valence-corrected chi connectivity index (χ2v) is 8.07. The van der Waals surface area contributed by atoms with Gasteiger partial charge in [-0.3, -0.25) is 9.59 Å². The second kappa shape index (κ2) is 8.46. The van der Waals surface area contributed by atoms with Crippen LogP contribution in [-0.2, 0) is 16.0 Å². The maximum Gasteiger partial charge on any atom is 0.260 e. The highest BCUT2D eigenvalue weighted by Gasteiger charge is 2.39. The number of hydrogen-bond donors (Lipinski definition) is 0. The van der Waals surface area contributed by atoms with Crippen molar-refractivity contribution in [2.75, 3.05) is 26.7 Å². The number of hydrogen-bond acceptors (Lipinski definition) is 3. The van der Waals surface area contributed by atoms with Crippen molar-refractivity contribution in [2.45, 2.75) is 32.2 Å². The average Bonchev–Trinajstić information content (AvgIpc) is 3.61. The van der Waals surface area contributed by atoms with Crippen molar-refractivity contribution in [1.82, 2.24) is 9.80 Å². The molecule has 2 amide bonds. The van der Waals surface area contributed by atoms with Crippen molar-refractivity contribution < 1.29 is 18.7 Å². The van der Waals surface area contributed by atoms with E-state index >= 15 is 0 Å². The summed E-state index contributed by atoms with van der Waals surface area (Å²) in [5, 5.41) is 0. The summed E-state index contributed by atoms with van der Waals surface area (Å²) in [5.74, 6) is 0.484. The van der Waals surface area contributed by atoms with E-state index in [0.29, 0.717) is 18.8 Å². The summed E-state index contributed by atoms with van der Waals surface area (Å²) in [6.07, 6.45) is 2.65. The summed E-state index contributed by atoms with van der Waals surface area (Å²) < 4.78 is 19.3. The molecule has 1 aliphatic heterocycles. The van der Waals surface area contributed by atoms with Crippen LogP contribution < -0.4 is 4.74 Å². The van der Waals surface area contributed by atoms with E-state index < -0.39 is 0 Å². The Labute approximate surface area is 176 Å². The number of halogens is 1. The number of amides is 2. The summed E-state index contributed by atoms with van der Waals surface area (Å²) in [4.78, 5) is 28.6. The van der Waals surface area contributed by atoms with Gasteiger partial charge in [-0.1, -0.05) is 18.2 Å². The van der Waals surface area contributed by atoms with Gasteiger partial charge < -0.3 is 14.5 Å². The van der Waals surface area contributed by atoms with Crippen LogP contribution in [-0.4, -0.2) is 48.4 Å². The Morgan fingerprint density at radius 1 is 1.17 bits per heavy atom. The van der Waals surface area contributed by atoms with E-state index in [-0.39, 0.29) is 36.2 Å². The molecule has 5 nitrogen and oxygen atoms in total. The lowest BCUT2D eigenvalue weighted by Gasteiger charge is -2.38. The Morgan fingerprint density at radius 2 is 1.90 bits per heavy atom. The monoisotopic (exact) mass is 410 g/mol. The maximum absolute atomic E-state index is 13.5. The number of carbonyl (C=O) groups excluding carboxylic acids is 2. The van der Waals surface area contributed by atoms with E-state index in [1.54, 1.807) is 24.1 Å². The average molecular weight is 410 g/mol. The van der Waals surface area contributed by atoms with Crippen molar-refractivity contribution in [1.29, 1.82) is 0 Å². The Balaban J connectivity index is 1.65. The number of fused-ring (bicyclic) bond motifs is 1. The second-order valence-electron chi connectivity index (χ2n) is 8.07. The van der Waals surface area contributed by atoms with Crippen molar-refractivity contribution in [3.63, 3.8) is 0 Å². The Hall–Kier alpha value is -2.89. The lowest BCUT2D eigenvalue weighted by atomic mass is 9.87. The molecule has 1 aliphatic carbocycles. The van der Waals surface area contributed by atoms with Gasteiger partial charge in [-0.15, -0.1) is 0 Å². The van der Waals surface area contributed by atoms with Crippen LogP contribution in [0.5, 0.6) is 5.75 Å². The van der Waals surface area contributed by atoms with Gasteiger partial charge in [0.25, 0.3) is 5.91 Å². The molecule has 4 rings (SSSR count). The van der Waals surface area contributed by atoms with E-state index in [4.69, 9.17) is 4.74 Å². The molecule has 2 aromatic carbocycles. The van der Waals surface area contributed by atoms with E-state index in [9.17, 15) is 14.0 Å². The first-order chi connectivity index (χ1) is 14.5. The molecule has 0 spiro atoms. The van der Waals surface area contributed by atoms with Gasteiger partial charge in [0.05, 0.1) is 6.04 Å². The lowest BCUT2D eigenvalue weighted by Crippen LogP contribution is -2.41. The zero-order valence-electron chi connectivity index (χ0n) is 17.4. The minimum absolute atomic E-state index is 0.0327. The Bertz CT molecular complexity index is 940. The summed E-state index contributed by atoms with van der Waals surface area (Å²) in [6.45, 7) is 3.15. The van der Waals surface area contributed by atoms with Gasteiger partial charge in [0.2, 0.25) is 5.91 Å². The maximum atomic E-state index is 13.5. The van der Waals surface area contributed by atoms with E-state index in [2.05, 4.69) is 0 Å². The van der Waals surface area contributed by atoms with Gasteiger partial charge in [0, 0.05) is 26.1 Å². The van der Waals surface area contributed by atoms with Gasteiger partial charge in [-0.25, -0.2) is 4.39 Å². The zero-order chi connectivity index (χ0) is 21.3. The third-order valence-electron chi connectivity index (χ3n) is 6.00. The highest BCUT2D eigenvalue weighted by molar-refractivity contribution is 5.82. The van der Waals surface area contributed by atoms with Gasteiger partial charge >= 0.3 is 0 Å². The van der Waals surface area contributed by atoms with E-state index in [1.807, 2.05) is 30.0 Å². The lowest BCUT2D eigenvalue weighted by molar-refractivity contribution is -0.134. The molecular weight excluding hydrogens is 383 g/mol. The van der Waals surface area contributed by atoms with Crippen LogP contribution in [0.15, 0.2) is 42.5 Å². The molecule has 1 heterocycles. The minimum atomic E-state index is -0.300. The quantitative estimate of drug-likeness (QED) is 0.732. The van der Waals surface area contributed by atoms with Gasteiger partial charge in [0.15, 0.2) is 6.61 Å².